The van der Waals surface area contributed by atoms with E-state index in [4.69, 9.17) is 0 Å². The number of nitro benzene ring substituents is 1. The second kappa shape index (κ2) is 4.63. The number of halogens is 2. The fraction of sp³-hybridized carbons (Fsp3) is 0.182. The van der Waals surface area contributed by atoms with Crippen molar-refractivity contribution >= 4 is 28.3 Å². The molecule has 0 atom stereocenters. The predicted molar refractivity (Wildman–Crippen MR) is 72.4 cm³/mol. The van der Waals surface area contributed by atoms with Gasteiger partial charge in [-0.1, -0.05) is 0 Å². The smallest absolute Gasteiger partial charge is 0.258 e. The van der Waals surface area contributed by atoms with E-state index in [1.807, 2.05) is 0 Å². The molecule has 2 rings (SSSR count). The standard InChI is InChI=1S/C11H9FIN3O2/c1-6-3-7(2)15(14-6)10-4-8(12)9(13)5-11(10)16(17)18/h3-5H,1-2H3. The van der Waals surface area contributed by atoms with E-state index in [-0.39, 0.29) is 14.9 Å². The van der Waals surface area contributed by atoms with Crippen molar-refractivity contribution in [2.24, 2.45) is 0 Å². The highest BCUT2D eigenvalue weighted by Gasteiger charge is 2.20. The Balaban J connectivity index is 2.73. The van der Waals surface area contributed by atoms with E-state index < -0.39 is 10.7 Å². The van der Waals surface area contributed by atoms with Gasteiger partial charge in [0.2, 0.25) is 0 Å². The minimum absolute atomic E-state index is 0.142. The molecule has 1 heterocycles. The second-order valence-corrected chi connectivity index (χ2v) is 5.01. The zero-order chi connectivity index (χ0) is 13.4. The number of hydrogen-bond donors (Lipinski definition) is 0. The van der Waals surface area contributed by atoms with Crippen LogP contribution in [0.4, 0.5) is 10.1 Å². The molecule has 18 heavy (non-hydrogen) atoms. The van der Waals surface area contributed by atoms with Gasteiger partial charge >= 0.3 is 0 Å². The van der Waals surface area contributed by atoms with Gasteiger partial charge in [0.25, 0.3) is 5.69 Å². The summed E-state index contributed by atoms with van der Waals surface area (Å²) in [5.41, 5.74) is 1.42. The lowest BCUT2D eigenvalue weighted by molar-refractivity contribution is -0.384. The normalized spacial score (nSPS) is 10.7. The fourth-order valence-electron chi connectivity index (χ4n) is 1.71. The number of nitrogens with zero attached hydrogens (tertiary/aromatic N) is 3. The van der Waals surface area contributed by atoms with Crippen LogP contribution in [0, 0.1) is 33.3 Å². The minimum atomic E-state index is -0.534. The van der Waals surface area contributed by atoms with Gasteiger partial charge in [0.15, 0.2) is 0 Å². The first-order valence-electron chi connectivity index (χ1n) is 5.07. The molecule has 2 aromatic rings. The van der Waals surface area contributed by atoms with Gasteiger partial charge in [-0.05, 0) is 42.5 Å². The van der Waals surface area contributed by atoms with Crippen molar-refractivity contribution in [1.29, 1.82) is 0 Å². The molecule has 0 bridgehead atoms. The van der Waals surface area contributed by atoms with Crippen molar-refractivity contribution in [1.82, 2.24) is 9.78 Å². The quantitative estimate of drug-likeness (QED) is 0.469. The van der Waals surface area contributed by atoms with Crippen LogP contribution < -0.4 is 0 Å². The first kappa shape index (κ1) is 12.9. The molecule has 0 aliphatic heterocycles. The highest BCUT2D eigenvalue weighted by molar-refractivity contribution is 14.1. The third-order valence-corrected chi connectivity index (χ3v) is 3.28. The molecule has 0 radical (unpaired) electrons. The summed E-state index contributed by atoms with van der Waals surface area (Å²) in [6, 6.07) is 4.13. The van der Waals surface area contributed by atoms with Crippen LogP contribution in [-0.2, 0) is 0 Å². The molecule has 1 aromatic heterocycles. The van der Waals surface area contributed by atoms with E-state index in [1.54, 1.807) is 42.5 Å². The van der Waals surface area contributed by atoms with Crippen LogP contribution in [0.5, 0.6) is 0 Å². The number of nitro groups is 1. The van der Waals surface area contributed by atoms with Gasteiger partial charge in [-0.15, -0.1) is 0 Å². The van der Waals surface area contributed by atoms with E-state index in [1.165, 1.54) is 10.7 Å². The summed E-state index contributed by atoms with van der Waals surface area (Å²) in [5.74, 6) is -0.497. The number of aryl methyl sites for hydroxylation is 2. The summed E-state index contributed by atoms with van der Waals surface area (Å²) in [7, 11) is 0. The van der Waals surface area contributed by atoms with Crippen molar-refractivity contribution in [2.75, 3.05) is 0 Å². The summed E-state index contributed by atoms with van der Waals surface area (Å²) in [6.45, 7) is 3.54. The number of benzene rings is 1. The molecule has 0 aliphatic rings. The van der Waals surface area contributed by atoms with Crippen molar-refractivity contribution < 1.29 is 9.31 Å². The largest absolute Gasteiger partial charge is 0.296 e. The summed E-state index contributed by atoms with van der Waals surface area (Å²) in [5, 5.41) is 15.2. The molecule has 7 heteroatoms. The Labute approximate surface area is 116 Å². The topological polar surface area (TPSA) is 61.0 Å². The summed E-state index contributed by atoms with van der Waals surface area (Å²) >= 11 is 1.72. The average Bonchev–Trinajstić information content (AvgIpc) is 2.61. The Bertz CT molecular complexity index is 639. The van der Waals surface area contributed by atoms with Gasteiger partial charge in [-0.2, -0.15) is 5.10 Å². The van der Waals surface area contributed by atoms with E-state index in [0.717, 1.165) is 17.5 Å². The van der Waals surface area contributed by atoms with Gasteiger partial charge in [0.05, 0.1) is 14.2 Å². The van der Waals surface area contributed by atoms with Crippen LogP contribution in [0.1, 0.15) is 11.4 Å². The van der Waals surface area contributed by atoms with E-state index >= 15 is 0 Å². The Kier molecular flexibility index (Phi) is 3.33. The molecule has 0 spiro atoms. The zero-order valence-electron chi connectivity index (χ0n) is 9.65. The van der Waals surface area contributed by atoms with Crippen LogP contribution >= 0.6 is 22.6 Å². The molecule has 0 N–H and O–H groups in total. The van der Waals surface area contributed by atoms with Crippen LogP contribution in [0.3, 0.4) is 0 Å². The van der Waals surface area contributed by atoms with Crippen molar-refractivity contribution in [3.63, 3.8) is 0 Å². The lowest BCUT2D eigenvalue weighted by Gasteiger charge is -2.06. The first-order chi connectivity index (χ1) is 8.40. The highest BCUT2D eigenvalue weighted by atomic mass is 127. The van der Waals surface area contributed by atoms with Crippen LogP contribution in [-0.4, -0.2) is 14.7 Å². The molecular formula is C11H9FIN3O2. The van der Waals surface area contributed by atoms with Gasteiger partial charge in [-0.25, -0.2) is 9.07 Å². The molecule has 0 amide bonds. The molecule has 1 aromatic carbocycles. The molecular weight excluding hydrogens is 352 g/mol. The Morgan fingerprint density at radius 2 is 2.06 bits per heavy atom. The SMILES string of the molecule is Cc1cc(C)n(-c2cc(F)c(I)cc2[N+](=O)[O-])n1. The van der Waals surface area contributed by atoms with Crippen molar-refractivity contribution in [3.8, 4) is 5.69 Å². The fourth-order valence-corrected chi connectivity index (χ4v) is 2.17. The minimum Gasteiger partial charge on any atom is -0.258 e. The number of hydrogen-bond acceptors (Lipinski definition) is 3. The highest BCUT2D eigenvalue weighted by Crippen LogP contribution is 2.28. The van der Waals surface area contributed by atoms with E-state index in [2.05, 4.69) is 5.10 Å². The Morgan fingerprint density at radius 3 is 2.56 bits per heavy atom. The van der Waals surface area contributed by atoms with Crippen LogP contribution in [0.15, 0.2) is 18.2 Å². The lowest BCUT2D eigenvalue weighted by Crippen LogP contribution is -2.05. The molecule has 94 valence electrons. The number of aromatic nitrogens is 2. The molecule has 0 aliphatic carbocycles. The molecule has 0 unspecified atom stereocenters. The third-order valence-electron chi connectivity index (χ3n) is 2.45. The third kappa shape index (κ3) is 2.22. The second-order valence-electron chi connectivity index (χ2n) is 3.85. The zero-order valence-corrected chi connectivity index (χ0v) is 11.8. The molecule has 0 saturated heterocycles. The summed E-state index contributed by atoms with van der Waals surface area (Å²) < 4.78 is 15.2. The van der Waals surface area contributed by atoms with Crippen molar-refractivity contribution in [2.45, 2.75) is 13.8 Å². The molecule has 5 nitrogen and oxygen atoms in total. The number of rotatable bonds is 2. The maximum absolute atomic E-state index is 13.6. The van der Waals surface area contributed by atoms with E-state index in [9.17, 15) is 14.5 Å². The lowest BCUT2D eigenvalue weighted by atomic mass is 10.2. The van der Waals surface area contributed by atoms with Gasteiger partial charge in [0.1, 0.15) is 11.5 Å². The van der Waals surface area contributed by atoms with Crippen LogP contribution in [0.2, 0.25) is 0 Å². The monoisotopic (exact) mass is 361 g/mol. The predicted octanol–water partition coefficient (Wildman–Crippen LogP) is 3.14. The van der Waals surface area contributed by atoms with Crippen molar-refractivity contribution in [3.05, 3.63) is 49.1 Å². The molecule has 0 fully saturated rings. The van der Waals surface area contributed by atoms with Gasteiger partial charge in [0, 0.05) is 17.8 Å². The maximum Gasteiger partial charge on any atom is 0.296 e. The van der Waals surface area contributed by atoms with Crippen LogP contribution in [0.25, 0.3) is 5.69 Å². The first-order valence-corrected chi connectivity index (χ1v) is 6.15. The molecule has 0 saturated carbocycles. The van der Waals surface area contributed by atoms with E-state index in [0.29, 0.717) is 0 Å². The summed E-state index contributed by atoms with van der Waals surface area (Å²) in [4.78, 5) is 10.5. The Hall–Kier alpha value is -1.51. The van der Waals surface area contributed by atoms with Gasteiger partial charge in [-0.3, -0.25) is 10.1 Å². The average molecular weight is 361 g/mol. The Morgan fingerprint density at radius 1 is 1.39 bits per heavy atom. The summed E-state index contributed by atoms with van der Waals surface area (Å²) in [6.07, 6.45) is 0. The maximum atomic E-state index is 13.6. The van der Waals surface area contributed by atoms with Gasteiger partial charge < -0.3 is 0 Å².